The first-order valence-corrected chi connectivity index (χ1v) is 12.6. The average molecular weight is 539 g/mol. The number of nitrogens with one attached hydrogen (secondary N) is 1. The summed E-state index contributed by atoms with van der Waals surface area (Å²) < 4.78 is 24.3. The summed E-state index contributed by atoms with van der Waals surface area (Å²) in [5.74, 6) is -0.469. The SMILES string of the molecule is Cc1cn([C@H]2C[C@H](OCOCCCCCCBr)[C@@H](COC(=O)c3ccccc3)O2)c(=O)[nH]c1=O. The summed E-state index contributed by atoms with van der Waals surface area (Å²) in [6, 6.07) is 8.67. The summed E-state index contributed by atoms with van der Waals surface area (Å²) in [4.78, 5) is 38.7. The predicted molar refractivity (Wildman–Crippen MR) is 129 cm³/mol. The molecule has 34 heavy (non-hydrogen) atoms. The number of aromatic nitrogens is 2. The van der Waals surface area contributed by atoms with E-state index >= 15 is 0 Å². The van der Waals surface area contributed by atoms with Gasteiger partial charge in [-0.25, -0.2) is 9.59 Å². The van der Waals surface area contributed by atoms with Crippen LogP contribution in [0.25, 0.3) is 0 Å². The Kier molecular flexibility index (Phi) is 10.5. The first kappa shape index (κ1) is 26.3. The van der Waals surface area contributed by atoms with Gasteiger partial charge in [-0.3, -0.25) is 14.3 Å². The second-order valence-corrected chi connectivity index (χ2v) is 8.94. The number of halogens is 1. The van der Waals surface area contributed by atoms with E-state index in [1.165, 1.54) is 10.8 Å². The number of hydrogen-bond acceptors (Lipinski definition) is 7. The van der Waals surface area contributed by atoms with E-state index in [0.29, 0.717) is 24.2 Å². The van der Waals surface area contributed by atoms with Crippen LogP contribution in [0, 0.1) is 6.92 Å². The molecule has 1 aromatic carbocycles. The van der Waals surface area contributed by atoms with Crippen LogP contribution in [0.3, 0.4) is 0 Å². The minimum atomic E-state index is -0.669. The molecule has 0 spiro atoms. The third-order valence-electron chi connectivity index (χ3n) is 5.56. The highest BCUT2D eigenvalue weighted by Gasteiger charge is 2.38. The van der Waals surface area contributed by atoms with E-state index in [-0.39, 0.29) is 13.4 Å². The molecule has 3 rings (SSSR count). The van der Waals surface area contributed by atoms with Gasteiger partial charge in [0.15, 0.2) is 0 Å². The third-order valence-corrected chi connectivity index (χ3v) is 6.12. The minimum absolute atomic E-state index is 0.0431. The van der Waals surface area contributed by atoms with Crippen LogP contribution >= 0.6 is 15.9 Å². The van der Waals surface area contributed by atoms with Crippen LogP contribution in [0.1, 0.15) is 54.3 Å². The van der Waals surface area contributed by atoms with Crippen molar-refractivity contribution in [3.63, 3.8) is 0 Å². The van der Waals surface area contributed by atoms with Gasteiger partial charge in [-0.15, -0.1) is 0 Å². The Bertz CT molecular complexity index is 1020. The van der Waals surface area contributed by atoms with Crippen LogP contribution in [0.15, 0.2) is 46.1 Å². The van der Waals surface area contributed by atoms with Crippen LogP contribution in [0.4, 0.5) is 0 Å². The Balaban J connectivity index is 1.59. The van der Waals surface area contributed by atoms with Gasteiger partial charge in [-0.1, -0.05) is 47.0 Å². The molecule has 3 atom stereocenters. The molecule has 9 nitrogen and oxygen atoms in total. The highest BCUT2D eigenvalue weighted by Crippen LogP contribution is 2.30. The van der Waals surface area contributed by atoms with Crippen molar-refractivity contribution in [3.05, 3.63) is 68.5 Å². The normalized spacial score (nSPS) is 19.9. The van der Waals surface area contributed by atoms with E-state index < -0.39 is 35.7 Å². The largest absolute Gasteiger partial charge is 0.459 e. The molecule has 0 saturated carbocycles. The molecule has 1 N–H and O–H groups in total. The molecule has 1 aliphatic rings. The summed E-state index contributed by atoms with van der Waals surface area (Å²) >= 11 is 3.42. The summed E-state index contributed by atoms with van der Waals surface area (Å²) in [6.45, 7) is 2.23. The van der Waals surface area contributed by atoms with Gasteiger partial charge >= 0.3 is 11.7 Å². The van der Waals surface area contributed by atoms with Crippen molar-refractivity contribution in [2.24, 2.45) is 0 Å². The maximum atomic E-state index is 12.4. The predicted octanol–water partition coefficient (Wildman–Crippen LogP) is 3.30. The van der Waals surface area contributed by atoms with Gasteiger partial charge in [0.2, 0.25) is 0 Å². The zero-order chi connectivity index (χ0) is 24.3. The van der Waals surface area contributed by atoms with E-state index in [9.17, 15) is 14.4 Å². The molecule has 186 valence electrons. The lowest BCUT2D eigenvalue weighted by atomic mass is 10.2. The lowest BCUT2D eigenvalue weighted by Crippen LogP contribution is -2.33. The van der Waals surface area contributed by atoms with Crippen LogP contribution in [0.5, 0.6) is 0 Å². The average Bonchev–Trinajstić information content (AvgIpc) is 3.24. The van der Waals surface area contributed by atoms with Crippen molar-refractivity contribution in [2.45, 2.75) is 57.5 Å². The molecular weight excluding hydrogens is 508 g/mol. The van der Waals surface area contributed by atoms with E-state index in [1.54, 1.807) is 31.2 Å². The molecule has 0 unspecified atom stereocenters. The van der Waals surface area contributed by atoms with Crippen molar-refractivity contribution in [1.82, 2.24) is 9.55 Å². The molecule has 1 saturated heterocycles. The van der Waals surface area contributed by atoms with Crippen molar-refractivity contribution in [3.8, 4) is 0 Å². The number of hydrogen-bond donors (Lipinski definition) is 1. The van der Waals surface area contributed by atoms with E-state index in [2.05, 4.69) is 20.9 Å². The number of carbonyl (C=O) groups excluding carboxylic acids is 1. The van der Waals surface area contributed by atoms with E-state index in [0.717, 1.165) is 31.0 Å². The van der Waals surface area contributed by atoms with Crippen molar-refractivity contribution < 1.29 is 23.7 Å². The number of aromatic amines is 1. The Labute approximate surface area is 206 Å². The van der Waals surface area contributed by atoms with Gasteiger partial charge in [0.05, 0.1) is 11.7 Å². The van der Waals surface area contributed by atoms with Crippen molar-refractivity contribution >= 4 is 21.9 Å². The van der Waals surface area contributed by atoms with Gasteiger partial charge in [0.25, 0.3) is 5.56 Å². The molecular formula is C24H31BrN2O7. The zero-order valence-electron chi connectivity index (χ0n) is 19.2. The summed E-state index contributed by atoms with van der Waals surface area (Å²) in [5.41, 5.74) is -0.181. The fourth-order valence-electron chi connectivity index (χ4n) is 3.66. The van der Waals surface area contributed by atoms with Gasteiger partial charge < -0.3 is 18.9 Å². The number of nitrogens with zero attached hydrogens (tertiary/aromatic N) is 1. The summed E-state index contributed by atoms with van der Waals surface area (Å²) in [5, 5.41) is 1.01. The molecule has 1 aliphatic heterocycles. The number of H-pyrrole nitrogens is 1. The maximum Gasteiger partial charge on any atom is 0.338 e. The Hall–Kier alpha value is -2.27. The van der Waals surface area contributed by atoms with Crippen LogP contribution in [-0.4, -0.2) is 53.1 Å². The zero-order valence-corrected chi connectivity index (χ0v) is 20.8. The van der Waals surface area contributed by atoms with Gasteiger partial charge in [-0.05, 0) is 31.9 Å². The number of alkyl halides is 1. The molecule has 2 heterocycles. The standard InChI is InChI=1S/C24H31BrN2O7/c1-17-14-27(24(30)26-22(17)28)21-13-19(33-16-31-12-8-3-2-7-11-25)20(34-21)15-32-23(29)18-9-5-4-6-10-18/h4-6,9-10,14,19-21H,2-3,7-8,11-13,15-16H2,1H3,(H,26,28,30)/t19-,20+,21+/m0/s1. The van der Waals surface area contributed by atoms with Crippen molar-refractivity contribution in [1.29, 1.82) is 0 Å². The minimum Gasteiger partial charge on any atom is -0.459 e. The number of ether oxygens (including phenoxy) is 4. The lowest BCUT2D eigenvalue weighted by Gasteiger charge is -2.19. The molecule has 2 aromatic rings. The Morgan fingerprint density at radius 3 is 2.71 bits per heavy atom. The fourth-order valence-corrected chi connectivity index (χ4v) is 4.06. The fraction of sp³-hybridized carbons (Fsp3) is 0.542. The Morgan fingerprint density at radius 1 is 1.18 bits per heavy atom. The number of carbonyl (C=O) groups is 1. The topological polar surface area (TPSA) is 109 Å². The number of esters is 1. The van der Waals surface area contributed by atoms with E-state index in [1.807, 2.05) is 6.07 Å². The second-order valence-electron chi connectivity index (χ2n) is 8.14. The molecule has 10 heteroatoms. The molecule has 0 amide bonds. The van der Waals surface area contributed by atoms with Crippen LogP contribution in [0.2, 0.25) is 0 Å². The number of unbranched alkanes of at least 4 members (excludes halogenated alkanes) is 3. The molecule has 0 bridgehead atoms. The second kappa shape index (κ2) is 13.6. The summed E-state index contributed by atoms with van der Waals surface area (Å²) in [6.07, 6.45) is 4.41. The maximum absolute atomic E-state index is 12.4. The Morgan fingerprint density at radius 2 is 1.94 bits per heavy atom. The van der Waals surface area contributed by atoms with Crippen LogP contribution in [-0.2, 0) is 18.9 Å². The molecule has 1 aromatic heterocycles. The van der Waals surface area contributed by atoms with Gasteiger partial charge in [0.1, 0.15) is 25.7 Å². The molecule has 1 fully saturated rings. The highest BCUT2D eigenvalue weighted by atomic mass is 79.9. The number of aryl methyl sites for hydroxylation is 1. The van der Waals surface area contributed by atoms with E-state index in [4.69, 9.17) is 18.9 Å². The number of benzene rings is 1. The van der Waals surface area contributed by atoms with Crippen LogP contribution < -0.4 is 11.2 Å². The molecule has 0 radical (unpaired) electrons. The van der Waals surface area contributed by atoms with Gasteiger partial charge in [0, 0.05) is 30.1 Å². The van der Waals surface area contributed by atoms with Gasteiger partial charge in [-0.2, -0.15) is 0 Å². The third kappa shape index (κ3) is 7.63. The molecule has 0 aliphatic carbocycles. The lowest BCUT2D eigenvalue weighted by molar-refractivity contribution is -0.120. The summed E-state index contributed by atoms with van der Waals surface area (Å²) in [7, 11) is 0. The number of rotatable bonds is 13. The first-order chi connectivity index (χ1) is 16.5. The smallest absolute Gasteiger partial charge is 0.338 e. The highest BCUT2D eigenvalue weighted by molar-refractivity contribution is 9.09. The first-order valence-electron chi connectivity index (χ1n) is 11.4. The van der Waals surface area contributed by atoms with Crippen molar-refractivity contribution in [2.75, 3.05) is 25.3 Å². The quantitative estimate of drug-likeness (QED) is 0.180. The monoisotopic (exact) mass is 538 g/mol.